The lowest BCUT2D eigenvalue weighted by molar-refractivity contribution is 0.0949. The van der Waals surface area contributed by atoms with Gasteiger partial charge < -0.3 is 4.74 Å². The van der Waals surface area contributed by atoms with Crippen molar-refractivity contribution in [1.82, 2.24) is 0 Å². The molecule has 0 aliphatic rings. The summed E-state index contributed by atoms with van der Waals surface area (Å²) in [5.41, 5.74) is -0.0775. The molecule has 54 valence electrons. The SMILES string of the molecule is CCC(C)(C)OC(C)=S. The van der Waals surface area contributed by atoms with E-state index in [4.69, 9.17) is 17.0 Å². The molecule has 0 unspecified atom stereocenters. The molecule has 0 aromatic heterocycles. The van der Waals surface area contributed by atoms with Gasteiger partial charge in [-0.05, 0) is 32.5 Å². The Morgan fingerprint density at radius 1 is 1.56 bits per heavy atom. The van der Waals surface area contributed by atoms with Crippen LogP contribution in [0.5, 0.6) is 0 Å². The molecule has 0 saturated heterocycles. The second-order valence-electron chi connectivity index (χ2n) is 2.71. The minimum absolute atomic E-state index is 0.0775. The summed E-state index contributed by atoms with van der Waals surface area (Å²) < 4.78 is 5.32. The highest BCUT2D eigenvalue weighted by molar-refractivity contribution is 7.80. The molecule has 0 aromatic carbocycles. The minimum Gasteiger partial charge on any atom is -0.482 e. The lowest BCUT2D eigenvalue weighted by atomic mass is 10.1. The lowest BCUT2D eigenvalue weighted by Gasteiger charge is -2.23. The van der Waals surface area contributed by atoms with Gasteiger partial charge in [0.1, 0.15) is 5.60 Å². The van der Waals surface area contributed by atoms with E-state index in [9.17, 15) is 0 Å². The van der Waals surface area contributed by atoms with E-state index in [0.717, 1.165) is 6.42 Å². The van der Waals surface area contributed by atoms with Crippen molar-refractivity contribution in [2.24, 2.45) is 0 Å². The Kier molecular flexibility index (Phi) is 3.12. The van der Waals surface area contributed by atoms with E-state index in [1.165, 1.54) is 0 Å². The summed E-state index contributed by atoms with van der Waals surface area (Å²) in [5.74, 6) is 0. The van der Waals surface area contributed by atoms with Crippen LogP contribution in [0.3, 0.4) is 0 Å². The van der Waals surface area contributed by atoms with Gasteiger partial charge in [-0.2, -0.15) is 0 Å². The monoisotopic (exact) mass is 146 g/mol. The quantitative estimate of drug-likeness (QED) is 0.554. The number of rotatable bonds is 2. The highest BCUT2D eigenvalue weighted by Crippen LogP contribution is 2.13. The molecule has 0 radical (unpaired) electrons. The van der Waals surface area contributed by atoms with Gasteiger partial charge in [0.05, 0.1) is 0 Å². The summed E-state index contributed by atoms with van der Waals surface area (Å²) in [6, 6.07) is 0. The van der Waals surface area contributed by atoms with Gasteiger partial charge in [-0.3, -0.25) is 0 Å². The molecule has 1 nitrogen and oxygen atoms in total. The molecule has 0 aliphatic heterocycles. The van der Waals surface area contributed by atoms with Crippen LogP contribution < -0.4 is 0 Å². The highest BCUT2D eigenvalue weighted by atomic mass is 32.1. The Balaban J connectivity index is 3.71. The van der Waals surface area contributed by atoms with Crippen LogP contribution in [0.25, 0.3) is 0 Å². The molecule has 0 saturated carbocycles. The smallest absolute Gasteiger partial charge is 0.157 e. The van der Waals surface area contributed by atoms with E-state index in [2.05, 4.69) is 6.92 Å². The van der Waals surface area contributed by atoms with Gasteiger partial charge in [0.15, 0.2) is 5.05 Å². The maximum atomic E-state index is 5.32. The summed E-state index contributed by atoms with van der Waals surface area (Å²) in [4.78, 5) is 0. The Bertz CT molecular complexity index is 107. The maximum absolute atomic E-state index is 5.32. The second kappa shape index (κ2) is 3.16. The largest absolute Gasteiger partial charge is 0.482 e. The molecule has 0 amide bonds. The normalized spacial score (nSPS) is 11.1. The lowest BCUT2D eigenvalue weighted by Crippen LogP contribution is -2.24. The fourth-order valence-corrected chi connectivity index (χ4v) is 0.687. The van der Waals surface area contributed by atoms with Crippen molar-refractivity contribution in [1.29, 1.82) is 0 Å². The van der Waals surface area contributed by atoms with Crippen molar-refractivity contribution in [2.45, 2.75) is 39.7 Å². The van der Waals surface area contributed by atoms with E-state index in [-0.39, 0.29) is 5.60 Å². The molecule has 2 heteroatoms. The highest BCUT2D eigenvalue weighted by Gasteiger charge is 2.15. The Morgan fingerprint density at radius 2 is 2.00 bits per heavy atom. The Hall–Kier alpha value is -0.110. The molecule has 0 spiro atoms. The fraction of sp³-hybridized carbons (Fsp3) is 0.857. The average molecular weight is 146 g/mol. The summed E-state index contributed by atoms with van der Waals surface area (Å²) in [7, 11) is 0. The molecular weight excluding hydrogens is 132 g/mol. The van der Waals surface area contributed by atoms with E-state index in [1.54, 1.807) is 6.92 Å². The third kappa shape index (κ3) is 4.40. The molecule has 0 aromatic rings. The molecular formula is C7H14OS. The average Bonchev–Trinajstić information content (AvgIpc) is 1.63. The van der Waals surface area contributed by atoms with Gasteiger partial charge in [-0.1, -0.05) is 6.92 Å². The van der Waals surface area contributed by atoms with Crippen LogP contribution in [0, 0.1) is 0 Å². The standard InChI is InChI=1S/C7H14OS/c1-5-7(3,4)8-6(2)9/h5H2,1-4H3. The van der Waals surface area contributed by atoms with Crippen molar-refractivity contribution >= 4 is 17.3 Å². The second-order valence-corrected chi connectivity index (χ2v) is 3.28. The van der Waals surface area contributed by atoms with Crippen LogP contribution in [0.1, 0.15) is 34.1 Å². The summed E-state index contributed by atoms with van der Waals surface area (Å²) in [6.07, 6.45) is 0.987. The summed E-state index contributed by atoms with van der Waals surface area (Å²) >= 11 is 4.79. The first-order valence-corrected chi connectivity index (χ1v) is 3.58. The van der Waals surface area contributed by atoms with E-state index in [1.807, 2.05) is 13.8 Å². The van der Waals surface area contributed by atoms with Crippen LogP contribution in [-0.4, -0.2) is 10.7 Å². The Morgan fingerprint density at radius 3 is 2.11 bits per heavy atom. The van der Waals surface area contributed by atoms with E-state index < -0.39 is 0 Å². The molecule has 9 heavy (non-hydrogen) atoms. The zero-order valence-corrected chi connectivity index (χ0v) is 7.34. The topological polar surface area (TPSA) is 9.23 Å². The maximum Gasteiger partial charge on any atom is 0.157 e. The van der Waals surface area contributed by atoms with Gasteiger partial charge >= 0.3 is 0 Å². The minimum atomic E-state index is -0.0775. The zero-order valence-electron chi connectivity index (χ0n) is 6.52. The van der Waals surface area contributed by atoms with Crippen molar-refractivity contribution in [3.05, 3.63) is 0 Å². The predicted molar refractivity (Wildman–Crippen MR) is 43.7 cm³/mol. The van der Waals surface area contributed by atoms with Gasteiger partial charge in [-0.25, -0.2) is 0 Å². The molecule has 0 bridgehead atoms. The molecule has 0 aliphatic carbocycles. The predicted octanol–water partition coefficient (Wildman–Crippen LogP) is 2.54. The number of thiocarbonyl (C=S) groups is 1. The first-order valence-electron chi connectivity index (χ1n) is 3.17. The van der Waals surface area contributed by atoms with Gasteiger partial charge in [0.2, 0.25) is 0 Å². The first-order chi connectivity index (χ1) is 3.98. The van der Waals surface area contributed by atoms with Crippen LogP contribution in [0.4, 0.5) is 0 Å². The van der Waals surface area contributed by atoms with E-state index >= 15 is 0 Å². The Labute approximate surface area is 62.4 Å². The van der Waals surface area contributed by atoms with Crippen molar-refractivity contribution < 1.29 is 4.74 Å². The van der Waals surface area contributed by atoms with E-state index in [0.29, 0.717) is 5.05 Å². The number of hydrogen-bond acceptors (Lipinski definition) is 2. The van der Waals surface area contributed by atoms with Crippen molar-refractivity contribution in [3.8, 4) is 0 Å². The number of hydrogen-bond donors (Lipinski definition) is 0. The van der Waals surface area contributed by atoms with Crippen LogP contribution in [-0.2, 0) is 4.74 Å². The summed E-state index contributed by atoms with van der Waals surface area (Å²) in [6.45, 7) is 7.94. The van der Waals surface area contributed by atoms with Gasteiger partial charge in [0.25, 0.3) is 0 Å². The summed E-state index contributed by atoms with van der Waals surface area (Å²) in [5, 5.41) is 0.627. The fourth-order valence-electron chi connectivity index (χ4n) is 0.461. The third-order valence-corrected chi connectivity index (χ3v) is 1.35. The van der Waals surface area contributed by atoms with Crippen LogP contribution in [0.2, 0.25) is 0 Å². The first kappa shape index (κ1) is 8.89. The number of ether oxygens (including phenoxy) is 1. The van der Waals surface area contributed by atoms with Gasteiger partial charge in [-0.15, -0.1) is 0 Å². The molecule has 0 heterocycles. The third-order valence-electron chi connectivity index (χ3n) is 1.27. The van der Waals surface area contributed by atoms with Crippen LogP contribution in [0.15, 0.2) is 0 Å². The molecule has 0 rings (SSSR count). The van der Waals surface area contributed by atoms with Crippen molar-refractivity contribution in [2.75, 3.05) is 0 Å². The van der Waals surface area contributed by atoms with Crippen LogP contribution >= 0.6 is 12.2 Å². The van der Waals surface area contributed by atoms with Gasteiger partial charge in [0, 0.05) is 6.92 Å². The molecule has 0 fully saturated rings. The molecule has 0 atom stereocenters. The van der Waals surface area contributed by atoms with Crippen molar-refractivity contribution in [3.63, 3.8) is 0 Å². The zero-order chi connectivity index (χ0) is 7.49. The molecule has 0 N–H and O–H groups in total.